The third-order valence-corrected chi connectivity index (χ3v) is 5.61. The number of hydrogen-bond donors (Lipinski definition) is 1. The van der Waals surface area contributed by atoms with Crippen molar-refractivity contribution in [3.05, 3.63) is 70.3 Å². The number of nitro benzene ring substituents is 1. The predicted octanol–water partition coefficient (Wildman–Crippen LogP) is 3.67. The molecule has 2 aromatic rings. The molecule has 1 saturated heterocycles. The van der Waals surface area contributed by atoms with Gasteiger partial charge in [-0.25, -0.2) is 4.90 Å². The molecule has 2 aromatic carbocycles. The molecular weight excluding hydrogens is 386 g/mol. The highest BCUT2D eigenvalue weighted by molar-refractivity contribution is 6.22. The second-order valence-corrected chi connectivity index (χ2v) is 7.29. The van der Waals surface area contributed by atoms with Gasteiger partial charge >= 0.3 is 0 Å². The molecule has 0 spiro atoms. The standard InChI is InChI=1S/C22H21N3O5/c1-30-20-9-5-2-6-14(20)13-23-18-11-10-15(12-19(18)25(28)29)24-21(26)16-7-3-4-8-17(16)22(24)27/h2-6,9-12,16-17,23H,7-8,13H2,1H3/t16-,17+. The number of para-hydroxylation sites is 1. The van der Waals surface area contributed by atoms with Crippen LogP contribution in [0.5, 0.6) is 5.75 Å². The lowest BCUT2D eigenvalue weighted by Crippen LogP contribution is -2.30. The second-order valence-electron chi connectivity index (χ2n) is 7.29. The Morgan fingerprint density at radius 3 is 2.40 bits per heavy atom. The van der Waals surface area contributed by atoms with Gasteiger partial charge in [-0.15, -0.1) is 0 Å². The first-order valence-corrected chi connectivity index (χ1v) is 9.68. The van der Waals surface area contributed by atoms with E-state index in [9.17, 15) is 19.7 Å². The van der Waals surface area contributed by atoms with Gasteiger partial charge < -0.3 is 10.1 Å². The molecule has 154 valence electrons. The average Bonchev–Trinajstić information content (AvgIpc) is 3.02. The van der Waals surface area contributed by atoms with E-state index in [0.717, 1.165) is 10.5 Å². The molecule has 4 rings (SSSR count). The Bertz CT molecular complexity index is 1020. The van der Waals surface area contributed by atoms with E-state index in [1.807, 2.05) is 36.4 Å². The van der Waals surface area contributed by atoms with Crippen molar-refractivity contribution in [1.29, 1.82) is 0 Å². The first kappa shape index (κ1) is 19.6. The summed E-state index contributed by atoms with van der Waals surface area (Å²) >= 11 is 0. The van der Waals surface area contributed by atoms with Crippen molar-refractivity contribution in [3.63, 3.8) is 0 Å². The maximum absolute atomic E-state index is 12.8. The fraction of sp³-hybridized carbons (Fsp3) is 0.273. The SMILES string of the molecule is COc1ccccc1CNc1ccc(N2C(=O)[C@H]3CC=CC[C@H]3C2=O)cc1[N+](=O)[O-]. The molecule has 1 N–H and O–H groups in total. The number of hydrogen-bond acceptors (Lipinski definition) is 6. The largest absolute Gasteiger partial charge is 0.496 e. The van der Waals surface area contributed by atoms with E-state index in [4.69, 9.17) is 4.74 Å². The van der Waals surface area contributed by atoms with Gasteiger partial charge in [0.1, 0.15) is 11.4 Å². The molecule has 0 radical (unpaired) electrons. The summed E-state index contributed by atoms with van der Waals surface area (Å²) in [5, 5.41) is 14.7. The zero-order valence-electron chi connectivity index (χ0n) is 16.4. The minimum Gasteiger partial charge on any atom is -0.496 e. The Kier molecular flexibility index (Phi) is 5.22. The molecule has 8 nitrogen and oxygen atoms in total. The van der Waals surface area contributed by atoms with Crippen LogP contribution in [0.2, 0.25) is 0 Å². The Labute approximate surface area is 173 Å². The summed E-state index contributed by atoms with van der Waals surface area (Å²) in [5.74, 6) is -0.680. The molecule has 30 heavy (non-hydrogen) atoms. The maximum atomic E-state index is 12.8. The van der Waals surface area contributed by atoms with Crippen LogP contribution in [0.1, 0.15) is 18.4 Å². The number of amides is 2. The topological polar surface area (TPSA) is 102 Å². The van der Waals surface area contributed by atoms with E-state index in [1.165, 1.54) is 12.1 Å². The minimum absolute atomic E-state index is 0.198. The number of ether oxygens (including phenoxy) is 1. The maximum Gasteiger partial charge on any atom is 0.294 e. The molecule has 1 heterocycles. The van der Waals surface area contributed by atoms with E-state index in [-0.39, 0.29) is 35.0 Å². The first-order valence-electron chi connectivity index (χ1n) is 9.68. The van der Waals surface area contributed by atoms with Gasteiger partial charge in [-0.2, -0.15) is 0 Å². The lowest BCUT2D eigenvalue weighted by Gasteiger charge is -2.16. The van der Waals surface area contributed by atoms with Crippen LogP contribution in [0.3, 0.4) is 0 Å². The summed E-state index contributed by atoms with van der Waals surface area (Å²) in [5.41, 5.74) is 1.18. The normalized spacial score (nSPS) is 20.2. The van der Waals surface area contributed by atoms with Crippen LogP contribution in [0, 0.1) is 22.0 Å². The Morgan fingerprint density at radius 1 is 1.10 bits per heavy atom. The van der Waals surface area contributed by atoms with Gasteiger partial charge in [0.25, 0.3) is 5.69 Å². The van der Waals surface area contributed by atoms with E-state index < -0.39 is 4.92 Å². The molecule has 8 heteroatoms. The number of methoxy groups -OCH3 is 1. The van der Waals surface area contributed by atoms with Crippen LogP contribution in [0.25, 0.3) is 0 Å². The van der Waals surface area contributed by atoms with E-state index in [2.05, 4.69) is 5.32 Å². The van der Waals surface area contributed by atoms with Crippen molar-refractivity contribution in [2.45, 2.75) is 19.4 Å². The third-order valence-electron chi connectivity index (χ3n) is 5.61. The molecule has 0 saturated carbocycles. The molecule has 0 bridgehead atoms. The number of fused-ring (bicyclic) bond motifs is 1. The monoisotopic (exact) mass is 407 g/mol. The number of rotatable bonds is 6. The first-order chi connectivity index (χ1) is 14.5. The smallest absolute Gasteiger partial charge is 0.294 e. The predicted molar refractivity (Wildman–Crippen MR) is 111 cm³/mol. The fourth-order valence-electron chi connectivity index (χ4n) is 4.05. The number of carbonyl (C=O) groups excluding carboxylic acids is 2. The highest BCUT2D eigenvalue weighted by atomic mass is 16.6. The highest BCUT2D eigenvalue weighted by Gasteiger charge is 2.48. The number of imide groups is 1. The van der Waals surface area contributed by atoms with Gasteiger partial charge in [0.15, 0.2) is 0 Å². The lowest BCUT2D eigenvalue weighted by atomic mass is 9.85. The van der Waals surface area contributed by atoms with Gasteiger partial charge in [0, 0.05) is 18.2 Å². The van der Waals surface area contributed by atoms with Crippen LogP contribution in [0.4, 0.5) is 17.1 Å². The minimum atomic E-state index is -0.520. The van der Waals surface area contributed by atoms with Crippen LogP contribution in [-0.4, -0.2) is 23.8 Å². The number of benzene rings is 2. The number of nitro groups is 1. The van der Waals surface area contributed by atoms with Gasteiger partial charge in [-0.05, 0) is 31.0 Å². The summed E-state index contributed by atoms with van der Waals surface area (Å²) in [6.07, 6.45) is 4.85. The summed E-state index contributed by atoms with van der Waals surface area (Å²) in [6.45, 7) is 0.321. The molecule has 0 aromatic heterocycles. The second kappa shape index (κ2) is 7.98. The molecule has 0 unspecified atom stereocenters. The molecule has 1 fully saturated rings. The van der Waals surface area contributed by atoms with Crippen LogP contribution < -0.4 is 15.0 Å². The lowest BCUT2D eigenvalue weighted by molar-refractivity contribution is -0.383. The quantitative estimate of drug-likeness (QED) is 0.339. The Hall–Kier alpha value is -3.68. The molecule has 2 aliphatic rings. The number of carbonyl (C=O) groups is 2. The van der Waals surface area contributed by atoms with E-state index >= 15 is 0 Å². The Morgan fingerprint density at radius 2 is 1.77 bits per heavy atom. The van der Waals surface area contributed by atoms with Crippen LogP contribution in [-0.2, 0) is 16.1 Å². The fourth-order valence-corrected chi connectivity index (χ4v) is 4.05. The van der Waals surface area contributed by atoms with Crippen molar-refractivity contribution >= 4 is 28.9 Å². The zero-order valence-corrected chi connectivity index (χ0v) is 16.4. The summed E-state index contributed by atoms with van der Waals surface area (Å²) in [6, 6.07) is 11.8. The van der Waals surface area contributed by atoms with Crippen LogP contribution >= 0.6 is 0 Å². The van der Waals surface area contributed by atoms with Crippen molar-refractivity contribution in [3.8, 4) is 5.75 Å². The van der Waals surface area contributed by atoms with Gasteiger partial charge in [-0.1, -0.05) is 30.4 Å². The highest BCUT2D eigenvalue weighted by Crippen LogP contribution is 2.39. The average molecular weight is 407 g/mol. The third kappa shape index (κ3) is 3.41. The number of nitrogens with zero attached hydrogens (tertiary/aromatic N) is 2. The number of nitrogens with one attached hydrogen (secondary N) is 1. The van der Waals surface area contributed by atoms with Crippen molar-refractivity contribution in [2.75, 3.05) is 17.3 Å². The van der Waals surface area contributed by atoms with Gasteiger partial charge in [-0.3, -0.25) is 19.7 Å². The van der Waals surface area contributed by atoms with E-state index in [1.54, 1.807) is 13.2 Å². The number of allylic oxidation sites excluding steroid dienone is 2. The zero-order chi connectivity index (χ0) is 21.3. The van der Waals surface area contributed by atoms with Gasteiger partial charge in [0.2, 0.25) is 11.8 Å². The Balaban J connectivity index is 1.60. The van der Waals surface area contributed by atoms with E-state index in [0.29, 0.717) is 30.8 Å². The summed E-state index contributed by atoms with van der Waals surface area (Å²) in [4.78, 5) is 37.8. The van der Waals surface area contributed by atoms with Crippen molar-refractivity contribution in [1.82, 2.24) is 0 Å². The summed E-state index contributed by atoms with van der Waals surface area (Å²) in [7, 11) is 1.56. The van der Waals surface area contributed by atoms with Crippen LogP contribution in [0.15, 0.2) is 54.6 Å². The van der Waals surface area contributed by atoms with Crippen molar-refractivity contribution in [2.24, 2.45) is 11.8 Å². The molecule has 2 atom stereocenters. The molecule has 2 amide bonds. The molecule has 1 aliphatic carbocycles. The van der Waals surface area contributed by atoms with Gasteiger partial charge in [0.05, 0.1) is 29.6 Å². The number of anilines is 2. The summed E-state index contributed by atoms with van der Waals surface area (Å²) < 4.78 is 5.31. The van der Waals surface area contributed by atoms with Crippen molar-refractivity contribution < 1.29 is 19.2 Å². The molecule has 1 aliphatic heterocycles. The molecular formula is C22H21N3O5.